The van der Waals surface area contributed by atoms with Crippen LogP contribution in [0.25, 0.3) is 0 Å². The van der Waals surface area contributed by atoms with Crippen molar-refractivity contribution in [3.8, 4) is 0 Å². The molecule has 0 aromatic rings. The van der Waals surface area contributed by atoms with E-state index in [1.165, 1.54) is 19.5 Å². The first-order valence-electron chi connectivity index (χ1n) is 4.81. The van der Waals surface area contributed by atoms with E-state index in [2.05, 4.69) is 11.8 Å². The second-order valence-corrected chi connectivity index (χ2v) is 3.93. The van der Waals surface area contributed by atoms with Crippen LogP contribution in [0.5, 0.6) is 0 Å². The fourth-order valence-corrected chi connectivity index (χ4v) is 1.78. The summed E-state index contributed by atoms with van der Waals surface area (Å²) in [6.45, 7) is 5.80. The molecule has 1 saturated heterocycles. The van der Waals surface area contributed by atoms with E-state index >= 15 is 0 Å². The highest BCUT2D eigenvalue weighted by Gasteiger charge is 2.19. The quantitative estimate of drug-likeness (QED) is 0.629. The van der Waals surface area contributed by atoms with Gasteiger partial charge in [0.15, 0.2) is 0 Å². The van der Waals surface area contributed by atoms with E-state index in [1.54, 1.807) is 0 Å². The lowest BCUT2D eigenvalue weighted by Gasteiger charge is -2.19. The van der Waals surface area contributed by atoms with Gasteiger partial charge in [0.1, 0.15) is 0 Å². The molecule has 0 aliphatic carbocycles. The molecule has 0 radical (unpaired) electrons. The molecular weight excluding hydrogens is 152 g/mol. The zero-order valence-corrected chi connectivity index (χ0v) is 7.87. The van der Waals surface area contributed by atoms with Crippen LogP contribution in [0.1, 0.15) is 19.8 Å². The van der Waals surface area contributed by atoms with Crippen molar-refractivity contribution in [3.05, 3.63) is 0 Å². The number of likely N-dealkylation sites (tertiary alicyclic amines) is 1. The number of aliphatic hydroxyl groups is 1. The fraction of sp³-hybridized carbons (Fsp3) is 1.00. The lowest BCUT2D eigenvalue weighted by atomic mass is 10.2. The van der Waals surface area contributed by atoms with E-state index in [0.29, 0.717) is 0 Å². The Balaban J connectivity index is 2.14. The topological polar surface area (TPSA) is 49.5 Å². The van der Waals surface area contributed by atoms with Crippen LogP contribution in [0.2, 0.25) is 0 Å². The Morgan fingerprint density at radius 1 is 1.67 bits per heavy atom. The van der Waals surface area contributed by atoms with E-state index in [-0.39, 0.29) is 12.6 Å². The molecule has 1 heterocycles. The minimum Gasteiger partial charge on any atom is -0.396 e. The highest BCUT2D eigenvalue weighted by Crippen LogP contribution is 2.14. The Kier molecular flexibility index (Phi) is 3.98. The Morgan fingerprint density at radius 3 is 2.92 bits per heavy atom. The Labute approximate surface area is 74.5 Å². The Hall–Kier alpha value is -0.120. The summed E-state index contributed by atoms with van der Waals surface area (Å²) < 4.78 is 0. The third-order valence-electron chi connectivity index (χ3n) is 2.50. The van der Waals surface area contributed by atoms with Crippen molar-refractivity contribution in [2.45, 2.75) is 25.8 Å². The first-order chi connectivity index (χ1) is 5.72. The minimum atomic E-state index is 0.153. The highest BCUT2D eigenvalue weighted by atomic mass is 16.3. The van der Waals surface area contributed by atoms with Crippen molar-refractivity contribution in [2.24, 2.45) is 11.7 Å². The summed E-state index contributed by atoms with van der Waals surface area (Å²) in [6, 6.07) is 0.153. The van der Waals surface area contributed by atoms with Gasteiger partial charge in [-0.25, -0.2) is 0 Å². The highest BCUT2D eigenvalue weighted by molar-refractivity contribution is 4.76. The van der Waals surface area contributed by atoms with Crippen molar-refractivity contribution in [2.75, 3.05) is 26.2 Å². The molecule has 0 amide bonds. The lowest BCUT2D eigenvalue weighted by Crippen LogP contribution is -2.36. The molecule has 0 aromatic carbocycles. The van der Waals surface area contributed by atoms with Crippen molar-refractivity contribution in [3.63, 3.8) is 0 Å². The number of rotatable bonds is 4. The summed E-state index contributed by atoms with van der Waals surface area (Å²) in [5.41, 5.74) is 5.81. The first kappa shape index (κ1) is 9.96. The van der Waals surface area contributed by atoms with Crippen LogP contribution in [0.15, 0.2) is 0 Å². The molecule has 0 spiro atoms. The van der Waals surface area contributed by atoms with Crippen LogP contribution >= 0.6 is 0 Å². The smallest absolute Gasteiger partial charge is 0.0446 e. The molecule has 0 bridgehead atoms. The molecule has 3 heteroatoms. The molecule has 1 aliphatic heterocycles. The molecule has 3 nitrogen and oxygen atoms in total. The molecule has 0 aromatic heterocycles. The van der Waals surface area contributed by atoms with Gasteiger partial charge in [0.05, 0.1) is 0 Å². The maximum Gasteiger partial charge on any atom is 0.0446 e. The number of hydrogen-bond donors (Lipinski definition) is 2. The van der Waals surface area contributed by atoms with Crippen molar-refractivity contribution >= 4 is 0 Å². The SMILES string of the molecule is CC1CCN(CC(N)CCO)C1. The third-order valence-corrected chi connectivity index (χ3v) is 2.50. The molecule has 3 N–H and O–H groups in total. The molecule has 1 aliphatic rings. The summed E-state index contributed by atoms with van der Waals surface area (Å²) in [7, 11) is 0. The van der Waals surface area contributed by atoms with Gasteiger partial charge >= 0.3 is 0 Å². The summed E-state index contributed by atoms with van der Waals surface area (Å²) in [5.74, 6) is 0.825. The normalized spacial score (nSPS) is 27.8. The largest absolute Gasteiger partial charge is 0.396 e. The minimum absolute atomic E-state index is 0.153. The van der Waals surface area contributed by atoms with Gasteiger partial charge in [0.2, 0.25) is 0 Å². The van der Waals surface area contributed by atoms with Crippen molar-refractivity contribution in [1.82, 2.24) is 4.90 Å². The predicted molar refractivity (Wildman–Crippen MR) is 49.9 cm³/mol. The number of nitrogens with zero attached hydrogens (tertiary/aromatic N) is 1. The Morgan fingerprint density at radius 2 is 2.42 bits per heavy atom. The van der Waals surface area contributed by atoms with Crippen LogP contribution in [0.3, 0.4) is 0 Å². The summed E-state index contributed by atoms with van der Waals surface area (Å²) in [4.78, 5) is 2.39. The van der Waals surface area contributed by atoms with Crippen molar-refractivity contribution < 1.29 is 5.11 Å². The summed E-state index contributed by atoms with van der Waals surface area (Å²) >= 11 is 0. The van der Waals surface area contributed by atoms with Gasteiger partial charge in [-0.2, -0.15) is 0 Å². The zero-order valence-electron chi connectivity index (χ0n) is 7.87. The maximum atomic E-state index is 8.66. The number of aliphatic hydroxyl groups excluding tert-OH is 1. The van der Waals surface area contributed by atoms with E-state index in [0.717, 1.165) is 18.9 Å². The Bertz CT molecular complexity index is 130. The number of hydrogen-bond acceptors (Lipinski definition) is 3. The van der Waals surface area contributed by atoms with Crippen LogP contribution in [0, 0.1) is 5.92 Å². The molecule has 12 heavy (non-hydrogen) atoms. The van der Waals surface area contributed by atoms with Crippen LogP contribution in [0.4, 0.5) is 0 Å². The molecule has 1 fully saturated rings. The lowest BCUT2D eigenvalue weighted by molar-refractivity contribution is 0.244. The molecule has 0 saturated carbocycles. The molecule has 2 unspecified atom stereocenters. The molecular formula is C9H20N2O. The van der Waals surface area contributed by atoms with Gasteiger partial charge < -0.3 is 15.7 Å². The van der Waals surface area contributed by atoms with Gasteiger partial charge in [-0.3, -0.25) is 0 Å². The number of nitrogens with two attached hydrogens (primary N) is 1. The van der Waals surface area contributed by atoms with Gasteiger partial charge in [0, 0.05) is 25.7 Å². The van der Waals surface area contributed by atoms with Gasteiger partial charge in [0.25, 0.3) is 0 Å². The molecule has 2 atom stereocenters. The average molecular weight is 172 g/mol. The average Bonchev–Trinajstić information content (AvgIpc) is 2.36. The van der Waals surface area contributed by atoms with Crippen molar-refractivity contribution in [1.29, 1.82) is 0 Å². The van der Waals surface area contributed by atoms with E-state index < -0.39 is 0 Å². The second-order valence-electron chi connectivity index (χ2n) is 3.93. The maximum absolute atomic E-state index is 8.66. The molecule has 1 rings (SSSR count). The summed E-state index contributed by atoms with van der Waals surface area (Å²) in [6.07, 6.45) is 2.02. The van der Waals surface area contributed by atoms with Crippen LogP contribution in [-0.2, 0) is 0 Å². The first-order valence-corrected chi connectivity index (χ1v) is 4.81. The van der Waals surface area contributed by atoms with Gasteiger partial charge in [-0.1, -0.05) is 6.92 Å². The third kappa shape index (κ3) is 3.09. The second kappa shape index (κ2) is 4.80. The fourth-order valence-electron chi connectivity index (χ4n) is 1.78. The summed E-state index contributed by atoms with van der Waals surface area (Å²) in [5, 5.41) is 8.66. The molecule has 72 valence electrons. The van der Waals surface area contributed by atoms with Gasteiger partial charge in [-0.05, 0) is 25.3 Å². The predicted octanol–water partition coefficient (Wildman–Crippen LogP) is 0.0379. The standard InChI is InChI=1S/C9H20N2O/c1-8-2-4-11(6-8)7-9(10)3-5-12/h8-9,12H,2-7,10H2,1H3. The monoisotopic (exact) mass is 172 g/mol. The van der Waals surface area contributed by atoms with E-state index in [1.807, 2.05) is 0 Å². The van der Waals surface area contributed by atoms with E-state index in [4.69, 9.17) is 10.8 Å². The van der Waals surface area contributed by atoms with Gasteiger partial charge in [-0.15, -0.1) is 0 Å². The van der Waals surface area contributed by atoms with Crippen LogP contribution in [-0.4, -0.2) is 42.3 Å². The van der Waals surface area contributed by atoms with Crippen LogP contribution < -0.4 is 5.73 Å². The van der Waals surface area contributed by atoms with E-state index in [9.17, 15) is 0 Å². The zero-order chi connectivity index (χ0) is 8.97.